The van der Waals surface area contributed by atoms with E-state index >= 15 is 0 Å². The Balaban J connectivity index is 1.41. The molecule has 0 spiro atoms. The monoisotopic (exact) mass is 415 g/mol. The molecule has 2 fully saturated rings. The van der Waals surface area contributed by atoms with Gasteiger partial charge in [-0.25, -0.2) is 0 Å². The third kappa shape index (κ3) is 6.62. The maximum atomic E-state index is 12.8. The normalized spacial score (nSPS) is 20.3. The highest BCUT2D eigenvalue weighted by atomic mass is 16.5. The average Bonchev–Trinajstić information content (AvgIpc) is 3.26. The molecule has 2 aliphatic rings. The number of anilines is 1. The van der Waals surface area contributed by atoms with Gasteiger partial charge in [-0.05, 0) is 37.0 Å². The van der Waals surface area contributed by atoms with E-state index in [1.54, 1.807) is 14.2 Å². The molecule has 30 heavy (non-hydrogen) atoms. The predicted molar refractivity (Wildman–Crippen MR) is 122 cm³/mol. The van der Waals surface area contributed by atoms with Crippen molar-refractivity contribution in [3.63, 3.8) is 0 Å². The third-order valence-corrected chi connectivity index (χ3v) is 6.07. The lowest BCUT2D eigenvalue weighted by Gasteiger charge is -2.26. The van der Waals surface area contributed by atoms with Crippen molar-refractivity contribution >= 4 is 17.6 Å². The second-order valence-electron chi connectivity index (χ2n) is 8.29. The zero-order chi connectivity index (χ0) is 21.2. The van der Waals surface area contributed by atoms with E-state index < -0.39 is 0 Å². The molecule has 1 aliphatic heterocycles. The highest BCUT2D eigenvalue weighted by Gasteiger charge is 2.31. The maximum Gasteiger partial charge on any atom is 0.225 e. The summed E-state index contributed by atoms with van der Waals surface area (Å²) in [6, 6.07) is 8.63. The number of amides is 1. The SMILES string of the molecule is CN=C(NCc1ccc(NCCOC)cc1)NC1CCN(C(=O)C2CCCCC2)C1. The van der Waals surface area contributed by atoms with Crippen molar-refractivity contribution in [1.82, 2.24) is 15.5 Å². The van der Waals surface area contributed by atoms with E-state index in [-0.39, 0.29) is 12.0 Å². The zero-order valence-corrected chi connectivity index (χ0v) is 18.5. The van der Waals surface area contributed by atoms with E-state index in [0.29, 0.717) is 19.1 Å². The quantitative estimate of drug-likeness (QED) is 0.346. The number of benzene rings is 1. The fourth-order valence-corrected chi connectivity index (χ4v) is 4.30. The molecule has 0 aromatic heterocycles. The van der Waals surface area contributed by atoms with E-state index in [0.717, 1.165) is 50.5 Å². The number of rotatable bonds is 8. The van der Waals surface area contributed by atoms with Crippen LogP contribution in [0.4, 0.5) is 5.69 Å². The summed E-state index contributed by atoms with van der Waals surface area (Å²) >= 11 is 0. The van der Waals surface area contributed by atoms with Crippen molar-refractivity contribution in [2.75, 3.05) is 45.7 Å². The Morgan fingerprint density at radius 2 is 1.93 bits per heavy atom. The van der Waals surface area contributed by atoms with Gasteiger partial charge in [0.2, 0.25) is 5.91 Å². The van der Waals surface area contributed by atoms with Gasteiger partial charge >= 0.3 is 0 Å². The molecule has 1 unspecified atom stereocenters. The van der Waals surface area contributed by atoms with Gasteiger partial charge in [0.25, 0.3) is 0 Å². The molecule has 1 amide bonds. The molecule has 1 saturated heterocycles. The molecular weight excluding hydrogens is 378 g/mol. The molecule has 1 aromatic rings. The molecule has 1 heterocycles. The molecule has 1 atom stereocenters. The number of aliphatic imine (C=N–C) groups is 1. The first-order valence-electron chi connectivity index (χ1n) is 11.3. The minimum Gasteiger partial charge on any atom is -0.383 e. The molecule has 1 saturated carbocycles. The van der Waals surface area contributed by atoms with Crippen LogP contribution in [0.5, 0.6) is 0 Å². The van der Waals surface area contributed by atoms with Crippen LogP contribution in [-0.2, 0) is 16.1 Å². The summed E-state index contributed by atoms with van der Waals surface area (Å²) < 4.78 is 5.06. The Bertz CT molecular complexity index is 685. The van der Waals surface area contributed by atoms with Gasteiger partial charge in [-0.2, -0.15) is 0 Å². The van der Waals surface area contributed by atoms with Crippen LogP contribution in [0.15, 0.2) is 29.3 Å². The Hall–Kier alpha value is -2.28. The highest BCUT2D eigenvalue weighted by molar-refractivity contribution is 5.81. The van der Waals surface area contributed by atoms with Crippen molar-refractivity contribution in [3.8, 4) is 0 Å². The average molecular weight is 416 g/mol. The van der Waals surface area contributed by atoms with Gasteiger partial charge in [-0.1, -0.05) is 31.4 Å². The summed E-state index contributed by atoms with van der Waals surface area (Å²) in [5, 5.41) is 10.2. The molecule has 7 heteroatoms. The summed E-state index contributed by atoms with van der Waals surface area (Å²) in [5.74, 6) is 1.40. The molecule has 7 nitrogen and oxygen atoms in total. The first-order valence-corrected chi connectivity index (χ1v) is 11.3. The number of hydrogen-bond acceptors (Lipinski definition) is 4. The molecule has 3 N–H and O–H groups in total. The lowest BCUT2D eigenvalue weighted by molar-refractivity contribution is -0.135. The van der Waals surface area contributed by atoms with Gasteiger partial charge in [0.1, 0.15) is 0 Å². The number of carbonyl (C=O) groups excluding carboxylic acids is 1. The van der Waals surface area contributed by atoms with Crippen LogP contribution in [0.3, 0.4) is 0 Å². The van der Waals surface area contributed by atoms with Crippen LogP contribution < -0.4 is 16.0 Å². The third-order valence-electron chi connectivity index (χ3n) is 6.07. The topological polar surface area (TPSA) is 78.0 Å². The molecule has 166 valence electrons. The molecule has 0 radical (unpaired) electrons. The minimum atomic E-state index is 0.252. The molecule has 3 rings (SSSR count). The van der Waals surface area contributed by atoms with Crippen molar-refractivity contribution in [2.45, 2.75) is 51.1 Å². The van der Waals surface area contributed by atoms with Crippen LogP contribution in [0.2, 0.25) is 0 Å². The van der Waals surface area contributed by atoms with E-state index in [4.69, 9.17) is 4.74 Å². The van der Waals surface area contributed by atoms with E-state index in [2.05, 4.69) is 50.1 Å². The largest absolute Gasteiger partial charge is 0.383 e. The fourth-order valence-electron chi connectivity index (χ4n) is 4.30. The number of nitrogens with one attached hydrogen (secondary N) is 3. The summed E-state index contributed by atoms with van der Waals surface area (Å²) in [4.78, 5) is 19.2. The summed E-state index contributed by atoms with van der Waals surface area (Å²) in [6.45, 7) is 3.82. The Morgan fingerprint density at radius 1 is 1.17 bits per heavy atom. The van der Waals surface area contributed by atoms with E-state index in [9.17, 15) is 4.79 Å². The van der Waals surface area contributed by atoms with Crippen molar-refractivity contribution < 1.29 is 9.53 Å². The molecule has 1 aromatic carbocycles. The van der Waals surface area contributed by atoms with Crippen LogP contribution in [0.1, 0.15) is 44.1 Å². The lowest BCUT2D eigenvalue weighted by atomic mass is 9.88. The number of hydrogen-bond donors (Lipinski definition) is 3. The smallest absolute Gasteiger partial charge is 0.225 e. The number of methoxy groups -OCH3 is 1. The maximum absolute atomic E-state index is 12.8. The first-order chi connectivity index (χ1) is 14.7. The summed E-state index contributed by atoms with van der Waals surface area (Å²) in [5.41, 5.74) is 2.28. The number of ether oxygens (including phenoxy) is 1. The molecule has 1 aliphatic carbocycles. The first kappa shape index (κ1) is 22.4. The minimum absolute atomic E-state index is 0.252. The Labute approximate surface area is 180 Å². The summed E-state index contributed by atoms with van der Waals surface area (Å²) in [6.07, 6.45) is 6.79. The van der Waals surface area contributed by atoms with Gasteiger partial charge in [0.05, 0.1) is 6.61 Å². The number of carbonyl (C=O) groups is 1. The van der Waals surface area contributed by atoms with E-state index in [1.807, 2.05) is 0 Å². The van der Waals surface area contributed by atoms with Crippen molar-refractivity contribution in [1.29, 1.82) is 0 Å². The fraction of sp³-hybridized carbons (Fsp3) is 0.652. The van der Waals surface area contributed by atoms with Crippen LogP contribution >= 0.6 is 0 Å². The van der Waals surface area contributed by atoms with Gasteiger partial charge in [0.15, 0.2) is 5.96 Å². The van der Waals surface area contributed by atoms with Crippen molar-refractivity contribution in [2.24, 2.45) is 10.9 Å². The Kier molecular flexibility index (Phi) is 8.81. The Morgan fingerprint density at radius 3 is 2.63 bits per heavy atom. The standard InChI is InChI=1S/C23H37N5O2/c1-24-23(26-16-18-8-10-20(11-9-18)25-13-15-30-2)27-21-12-14-28(17-21)22(29)19-6-4-3-5-7-19/h8-11,19,21,25H,3-7,12-17H2,1-2H3,(H2,24,26,27). The van der Waals surface area contributed by atoms with E-state index in [1.165, 1.54) is 24.8 Å². The lowest BCUT2D eigenvalue weighted by Crippen LogP contribution is -2.45. The van der Waals surface area contributed by atoms with Gasteiger partial charge in [-0.3, -0.25) is 9.79 Å². The molecule has 0 bridgehead atoms. The van der Waals surface area contributed by atoms with Crippen LogP contribution in [0, 0.1) is 5.92 Å². The second-order valence-corrected chi connectivity index (χ2v) is 8.29. The highest BCUT2D eigenvalue weighted by Crippen LogP contribution is 2.26. The number of guanidine groups is 1. The predicted octanol–water partition coefficient (Wildman–Crippen LogP) is 2.59. The van der Waals surface area contributed by atoms with Crippen molar-refractivity contribution in [3.05, 3.63) is 29.8 Å². The van der Waals surface area contributed by atoms with Gasteiger partial charge in [0, 0.05) is 58.0 Å². The van der Waals surface area contributed by atoms with Crippen LogP contribution in [0.25, 0.3) is 0 Å². The zero-order valence-electron chi connectivity index (χ0n) is 18.5. The number of nitrogens with zero attached hydrogens (tertiary/aromatic N) is 2. The van der Waals surface area contributed by atoms with Gasteiger partial charge < -0.3 is 25.6 Å². The second kappa shape index (κ2) is 11.8. The molecular formula is C23H37N5O2. The summed E-state index contributed by atoms with van der Waals surface area (Å²) in [7, 11) is 3.49. The van der Waals surface area contributed by atoms with Crippen LogP contribution in [-0.4, -0.2) is 63.2 Å². The number of likely N-dealkylation sites (tertiary alicyclic amines) is 1. The van der Waals surface area contributed by atoms with Gasteiger partial charge in [-0.15, -0.1) is 0 Å².